The van der Waals surface area contributed by atoms with E-state index in [2.05, 4.69) is 4.98 Å². The molecule has 0 radical (unpaired) electrons. The molecule has 0 N–H and O–H groups in total. The van der Waals surface area contributed by atoms with Crippen LogP contribution in [0.25, 0.3) is 0 Å². The Labute approximate surface area is 124 Å². The molecule has 0 unspecified atom stereocenters. The van der Waals surface area contributed by atoms with E-state index >= 15 is 0 Å². The maximum Gasteiger partial charge on any atom is 0.501 e. The lowest BCUT2D eigenvalue weighted by Gasteiger charge is -2.32. The molecule has 0 spiro atoms. The van der Waals surface area contributed by atoms with Gasteiger partial charge in [-0.3, -0.25) is 0 Å². The summed E-state index contributed by atoms with van der Waals surface area (Å²) in [5, 5.41) is 0.377. The lowest BCUT2D eigenvalue weighted by atomic mass is 9.79. The molecule has 2 aliphatic rings. The fraction of sp³-hybridized carbons (Fsp3) is 0.643. The molecule has 20 heavy (non-hydrogen) atoms. The van der Waals surface area contributed by atoms with Crippen molar-refractivity contribution in [2.24, 2.45) is 0 Å². The van der Waals surface area contributed by atoms with E-state index < -0.39 is 18.3 Å². The second-order valence-corrected chi connectivity index (χ2v) is 6.78. The van der Waals surface area contributed by atoms with E-state index in [1.807, 2.05) is 33.8 Å². The van der Waals surface area contributed by atoms with Crippen LogP contribution in [0.15, 0.2) is 12.3 Å². The maximum absolute atomic E-state index is 6.25. The molecule has 1 aliphatic heterocycles. The second kappa shape index (κ2) is 4.62. The van der Waals surface area contributed by atoms with Gasteiger partial charge in [-0.15, -0.1) is 0 Å². The average Bonchev–Trinajstić information content (AvgIpc) is 3.07. The molecule has 6 heteroatoms. The molecule has 2 fully saturated rings. The predicted octanol–water partition coefficient (Wildman–Crippen LogP) is 2.58. The van der Waals surface area contributed by atoms with Crippen molar-refractivity contribution in [3.63, 3.8) is 0 Å². The van der Waals surface area contributed by atoms with E-state index in [0.29, 0.717) is 16.4 Å². The van der Waals surface area contributed by atoms with Crippen molar-refractivity contribution in [1.29, 1.82) is 0 Å². The zero-order chi connectivity index (χ0) is 14.5. The lowest BCUT2D eigenvalue weighted by Crippen LogP contribution is -2.41. The molecular weight excluding hydrogens is 276 g/mol. The fourth-order valence-electron chi connectivity index (χ4n) is 2.07. The van der Waals surface area contributed by atoms with Gasteiger partial charge in [-0.1, -0.05) is 11.6 Å². The van der Waals surface area contributed by atoms with Gasteiger partial charge in [0, 0.05) is 6.20 Å². The van der Waals surface area contributed by atoms with E-state index in [-0.39, 0.29) is 6.10 Å². The van der Waals surface area contributed by atoms with Crippen LogP contribution in [0.3, 0.4) is 0 Å². The fourth-order valence-corrected chi connectivity index (χ4v) is 2.31. The summed E-state index contributed by atoms with van der Waals surface area (Å²) in [5.41, 5.74) is -0.124. The van der Waals surface area contributed by atoms with Gasteiger partial charge in [0.1, 0.15) is 10.9 Å². The topological polar surface area (TPSA) is 40.6 Å². The molecule has 108 valence electrons. The first-order valence-corrected chi connectivity index (χ1v) is 7.35. The Morgan fingerprint density at radius 3 is 2.40 bits per heavy atom. The number of pyridine rings is 1. The zero-order valence-electron chi connectivity index (χ0n) is 12.3. The van der Waals surface area contributed by atoms with Gasteiger partial charge in [0.25, 0.3) is 0 Å². The minimum Gasteiger partial charge on any atom is -0.491 e. The van der Waals surface area contributed by atoms with Gasteiger partial charge >= 0.3 is 7.12 Å². The first-order chi connectivity index (χ1) is 9.30. The molecule has 2 heterocycles. The predicted molar refractivity (Wildman–Crippen MR) is 78.6 cm³/mol. The largest absolute Gasteiger partial charge is 0.501 e. The van der Waals surface area contributed by atoms with Crippen LogP contribution in [0.5, 0.6) is 5.75 Å². The Bertz CT molecular complexity index is 515. The highest BCUT2D eigenvalue weighted by Gasteiger charge is 2.53. The molecule has 0 amide bonds. The van der Waals surface area contributed by atoms with Crippen molar-refractivity contribution in [3.8, 4) is 5.75 Å². The quantitative estimate of drug-likeness (QED) is 0.635. The molecule has 1 saturated carbocycles. The van der Waals surface area contributed by atoms with Gasteiger partial charge < -0.3 is 14.0 Å². The standard InChI is InChI=1S/C14H19BClNO3/c1-13(2)14(3,4)20-15(19-13)11-10(18-9-5-6-9)7-8-17-12(11)16/h7-9H,5-6H2,1-4H3. The Balaban J connectivity index is 1.94. The molecule has 4 nitrogen and oxygen atoms in total. The van der Waals surface area contributed by atoms with Gasteiger partial charge in [0.2, 0.25) is 0 Å². The number of aromatic nitrogens is 1. The summed E-state index contributed by atoms with van der Waals surface area (Å²) < 4.78 is 18.0. The smallest absolute Gasteiger partial charge is 0.491 e. The van der Waals surface area contributed by atoms with Crippen LogP contribution in [0.1, 0.15) is 40.5 Å². The van der Waals surface area contributed by atoms with E-state index in [1.54, 1.807) is 6.20 Å². The lowest BCUT2D eigenvalue weighted by molar-refractivity contribution is 0.00578. The van der Waals surface area contributed by atoms with Crippen LogP contribution in [-0.2, 0) is 9.31 Å². The van der Waals surface area contributed by atoms with Crippen molar-refractivity contribution in [1.82, 2.24) is 4.98 Å². The summed E-state index contributed by atoms with van der Waals surface area (Å²) in [7, 11) is -0.546. The van der Waals surface area contributed by atoms with Crippen LogP contribution >= 0.6 is 11.6 Å². The first kappa shape index (κ1) is 14.2. The second-order valence-electron chi connectivity index (χ2n) is 6.42. The minimum absolute atomic E-state index is 0.287. The van der Waals surface area contributed by atoms with E-state index in [1.165, 1.54) is 0 Å². The van der Waals surface area contributed by atoms with Crippen LogP contribution in [0.4, 0.5) is 0 Å². The van der Waals surface area contributed by atoms with Crippen molar-refractivity contribution >= 4 is 24.2 Å². The normalized spacial score (nSPS) is 23.9. The Kier molecular flexibility index (Phi) is 3.27. The van der Waals surface area contributed by atoms with E-state index in [4.69, 9.17) is 25.6 Å². The number of nitrogens with zero attached hydrogens (tertiary/aromatic N) is 1. The van der Waals surface area contributed by atoms with Gasteiger partial charge in [0.15, 0.2) is 0 Å². The highest BCUT2D eigenvalue weighted by Crippen LogP contribution is 2.38. The van der Waals surface area contributed by atoms with Crippen LogP contribution in [-0.4, -0.2) is 29.4 Å². The summed E-state index contributed by atoms with van der Waals surface area (Å²) >= 11 is 6.25. The van der Waals surface area contributed by atoms with Crippen molar-refractivity contribution in [2.45, 2.75) is 57.8 Å². The number of hydrogen-bond acceptors (Lipinski definition) is 4. The Hall–Kier alpha value is -0.775. The molecule has 1 aromatic rings. The summed E-state index contributed by atoms with van der Waals surface area (Å²) in [4.78, 5) is 4.13. The van der Waals surface area contributed by atoms with Gasteiger partial charge in [-0.2, -0.15) is 0 Å². The first-order valence-electron chi connectivity index (χ1n) is 6.97. The Morgan fingerprint density at radius 2 is 1.85 bits per heavy atom. The molecule has 1 saturated heterocycles. The molecule has 0 atom stereocenters. The highest BCUT2D eigenvalue weighted by atomic mass is 35.5. The highest BCUT2D eigenvalue weighted by molar-refractivity contribution is 6.66. The monoisotopic (exact) mass is 295 g/mol. The third-order valence-corrected chi connectivity index (χ3v) is 4.51. The van der Waals surface area contributed by atoms with Crippen LogP contribution in [0.2, 0.25) is 5.15 Å². The number of hydrogen-bond donors (Lipinski definition) is 0. The van der Waals surface area contributed by atoms with Crippen LogP contribution < -0.4 is 10.2 Å². The van der Waals surface area contributed by atoms with Gasteiger partial charge in [-0.05, 0) is 46.6 Å². The molecule has 0 aromatic carbocycles. The maximum atomic E-state index is 6.25. The summed E-state index contributed by atoms with van der Waals surface area (Å²) in [6.07, 6.45) is 4.11. The molecule has 0 bridgehead atoms. The number of rotatable bonds is 3. The number of ether oxygens (including phenoxy) is 1. The Morgan fingerprint density at radius 1 is 1.25 bits per heavy atom. The van der Waals surface area contributed by atoms with Crippen molar-refractivity contribution in [2.75, 3.05) is 0 Å². The summed E-state index contributed by atoms with van der Waals surface area (Å²) in [6.45, 7) is 8.05. The average molecular weight is 296 g/mol. The minimum atomic E-state index is -0.546. The SMILES string of the molecule is CC1(C)OB(c2c(OC3CC3)ccnc2Cl)OC1(C)C. The summed E-state index contributed by atoms with van der Waals surface area (Å²) in [6, 6.07) is 1.82. The zero-order valence-corrected chi connectivity index (χ0v) is 13.0. The van der Waals surface area contributed by atoms with Gasteiger partial charge in [0.05, 0.1) is 22.8 Å². The van der Waals surface area contributed by atoms with Crippen molar-refractivity contribution < 1.29 is 14.0 Å². The third-order valence-electron chi connectivity index (χ3n) is 4.21. The van der Waals surface area contributed by atoms with E-state index in [0.717, 1.165) is 12.8 Å². The van der Waals surface area contributed by atoms with Crippen LogP contribution in [0, 0.1) is 0 Å². The van der Waals surface area contributed by atoms with Gasteiger partial charge in [-0.25, -0.2) is 4.98 Å². The molecular formula is C14H19BClNO3. The third kappa shape index (κ3) is 2.43. The summed E-state index contributed by atoms with van der Waals surface area (Å²) in [5.74, 6) is 0.714. The molecule has 1 aliphatic carbocycles. The van der Waals surface area contributed by atoms with Crippen molar-refractivity contribution in [3.05, 3.63) is 17.4 Å². The van der Waals surface area contributed by atoms with E-state index in [9.17, 15) is 0 Å². The molecule has 1 aromatic heterocycles. The molecule has 3 rings (SSSR count). The number of halogens is 1.